The fraction of sp³-hybridized carbons (Fsp3) is 0.294. The van der Waals surface area contributed by atoms with Crippen LogP contribution in [0.5, 0.6) is 5.75 Å². The number of para-hydroxylation sites is 1. The molecule has 0 aliphatic rings. The second-order valence-corrected chi connectivity index (χ2v) is 6.56. The van der Waals surface area contributed by atoms with Crippen LogP contribution >= 0.6 is 11.3 Å². The molecule has 25 heavy (non-hydrogen) atoms. The molecule has 0 unspecified atom stereocenters. The molecule has 3 rings (SSSR count). The third-order valence-corrected chi connectivity index (χ3v) is 5.09. The molecule has 130 valence electrons. The van der Waals surface area contributed by atoms with Crippen molar-refractivity contribution in [3.05, 3.63) is 51.4 Å². The molecule has 0 spiro atoms. The van der Waals surface area contributed by atoms with Crippen LogP contribution in [0.2, 0.25) is 0 Å². The zero-order chi connectivity index (χ0) is 18.0. The van der Waals surface area contributed by atoms with Crippen LogP contribution in [0.1, 0.15) is 41.6 Å². The van der Waals surface area contributed by atoms with Crippen molar-refractivity contribution in [1.29, 1.82) is 0 Å². The molecule has 0 radical (unpaired) electrons. The van der Waals surface area contributed by atoms with Gasteiger partial charge in [0.15, 0.2) is 0 Å². The summed E-state index contributed by atoms with van der Waals surface area (Å²) in [5.74, 6) is 0.244. The Kier molecular flexibility index (Phi) is 4.80. The van der Waals surface area contributed by atoms with Crippen molar-refractivity contribution in [3.8, 4) is 5.75 Å². The summed E-state index contributed by atoms with van der Waals surface area (Å²) >= 11 is 1.38. The van der Waals surface area contributed by atoms with Gasteiger partial charge in [0.05, 0.1) is 18.9 Å². The summed E-state index contributed by atoms with van der Waals surface area (Å²) in [5, 5.41) is 7.78. The molecule has 1 N–H and O–H groups in total. The number of nitrogens with one attached hydrogen (secondary N) is 1. The number of benzene rings is 1. The molecule has 8 heteroatoms. The lowest BCUT2D eigenvalue weighted by Crippen LogP contribution is -2.23. The Morgan fingerprint density at radius 1 is 1.40 bits per heavy atom. The maximum Gasteiger partial charge on any atom is 0.298 e. The lowest BCUT2D eigenvalue weighted by Gasteiger charge is -2.08. The number of carbonyl (C=O) groups excluding carboxylic acids is 1. The first-order valence-electron chi connectivity index (χ1n) is 7.88. The van der Waals surface area contributed by atoms with Gasteiger partial charge in [0.1, 0.15) is 16.4 Å². The van der Waals surface area contributed by atoms with Gasteiger partial charge in [-0.25, -0.2) is 4.98 Å². The van der Waals surface area contributed by atoms with E-state index in [0.717, 1.165) is 11.4 Å². The van der Waals surface area contributed by atoms with Gasteiger partial charge in [0.2, 0.25) is 4.96 Å². The van der Waals surface area contributed by atoms with E-state index in [4.69, 9.17) is 4.74 Å². The van der Waals surface area contributed by atoms with Gasteiger partial charge < -0.3 is 10.1 Å². The fourth-order valence-corrected chi connectivity index (χ4v) is 3.28. The van der Waals surface area contributed by atoms with E-state index >= 15 is 0 Å². The lowest BCUT2D eigenvalue weighted by atomic mass is 10.1. The van der Waals surface area contributed by atoms with Crippen LogP contribution in [0.15, 0.2) is 35.3 Å². The van der Waals surface area contributed by atoms with Gasteiger partial charge in [0, 0.05) is 5.92 Å². The van der Waals surface area contributed by atoms with E-state index in [0.29, 0.717) is 16.3 Å². The highest BCUT2D eigenvalue weighted by atomic mass is 32.1. The van der Waals surface area contributed by atoms with Crippen molar-refractivity contribution in [3.63, 3.8) is 0 Å². The summed E-state index contributed by atoms with van der Waals surface area (Å²) in [7, 11) is 1.49. The predicted octanol–water partition coefficient (Wildman–Crippen LogP) is 2.93. The monoisotopic (exact) mass is 358 g/mol. The average molecular weight is 358 g/mol. The molecular formula is C17H18N4O3S. The van der Waals surface area contributed by atoms with Crippen LogP contribution in [-0.4, -0.2) is 27.6 Å². The number of nitrogens with zero attached hydrogens (tertiary/aromatic N) is 3. The van der Waals surface area contributed by atoms with Crippen molar-refractivity contribution in [2.45, 2.75) is 26.2 Å². The van der Waals surface area contributed by atoms with Crippen LogP contribution in [-0.2, 0) is 0 Å². The van der Waals surface area contributed by atoms with Crippen LogP contribution in [0, 0.1) is 0 Å². The number of ether oxygens (including phenoxy) is 1. The van der Waals surface area contributed by atoms with Gasteiger partial charge >= 0.3 is 0 Å². The predicted molar refractivity (Wildman–Crippen MR) is 96.8 cm³/mol. The standard InChI is InChI=1S/C17H18N4O3S/c1-4-10(2)15-20-21-16(23)12(9-18-17(21)25-15)19-14(22)11-7-5-6-8-13(11)24-3/h5-10H,4H2,1-3H3,(H,19,22)/t10-/m1/s1. The SMILES string of the molecule is CC[C@@H](C)c1nn2c(=O)c(NC(=O)c3ccccc3OC)cnc2s1. The summed E-state index contributed by atoms with van der Waals surface area (Å²) in [6.45, 7) is 4.11. The molecule has 0 saturated heterocycles. The van der Waals surface area contributed by atoms with Crippen molar-refractivity contribution in [2.75, 3.05) is 12.4 Å². The van der Waals surface area contributed by atoms with Crippen molar-refractivity contribution in [1.82, 2.24) is 14.6 Å². The number of amides is 1. The molecule has 1 amide bonds. The molecule has 0 bridgehead atoms. The maximum atomic E-state index is 12.6. The Morgan fingerprint density at radius 3 is 2.88 bits per heavy atom. The van der Waals surface area contributed by atoms with Gasteiger partial charge in [-0.3, -0.25) is 9.59 Å². The van der Waals surface area contributed by atoms with E-state index in [1.165, 1.54) is 29.2 Å². The smallest absolute Gasteiger partial charge is 0.298 e. The minimum atomic E-state index is -0.436. The van der Waals surface area contributed by atoms with E-state index in [2.05, 4.69) is 22.3 Å². The topological polar surface area (TPSA) is 85.6 Å². The van der Waals surface area contributed by atoms with E-state index < -0.39 is 11.5 Å². The molecule has 1 atom stereocenters. The summed E-state index contributed by atoms with van der Waals surface area (Å²) < 4.78 is 6.42. The third kappa shape index (κ3) is 3.25. The molecule has 2 heterocycles. The lowest BCUT2D eigenvalue weighted by molar-refractivity contribution is 0.102. The summed E-state index contributed by atoms with van der Waals surface area (Å²) in [5.41, 5.74) is 0.0153. The van der Waals surface area contributed by atoms with E-state index in [-0.39, 0.29) is 11.6 Å². The quantitative estimate of drug-likeness (QED) is 0.758. The third-order valence-electron chi connectivity index (χ3n) is 3.94. The van der Waals surface area contributed by atoms with Gasteiger partial charge in [0.25, 0.3) is 11.5 Å². The number of hydrogen-bond acceptors (Lipinski definition) is 6. The Hall–Kier alpha value is -2.74. The highest BCUT2D eigenvalue weighted by molar-refractivity contribution is 7.16. The Morgan fingerprint density at radius 2 is 2.16 bits per heavy atom. The minimum Gasteiger partial charge on any atom is -0.496 e. The number of hydrogen-bond donors (Lipinski definition) is 1. The molecule has 0 aliphatic carbocycles. The summed E-state index contributed by atoms with van der Waals surface area (Å²) in [6, 6.07) is 6.80. The first kappa shape index (κ1) is 17.1. The van der Waals surface area contributed by atoms with Crippen LogP contribution in [0.3, 0.4) is 0 Å². The average Bonchev–Trinajstić information content (AvgIpc) is 3.08. The maximum absolute atomic E-state index is 12.6. The highest BCUT2D eigenvalue weighted by Crippen LogP contribution is 2.23. The van der Waals surface area contributed by atoms with Gasteiger partial charge in [-0.1, -0.05) is 37.3 Å². The number of rotatable bonds is 5. The Labute approximate surface area is 148 Å². The number of aromatic nitrogens is 3. The van der Waals surface area contributed by atoms with Crippen molar-refractivity contribution in [2.24, 2.45) is 0 Å². The Balaban J connectivity index is 1.95. The molecule has 1 aromatic carbocycles. The summed E-state index contributed by atoms with van der Waals surface area (Å²) in [6.07, 6.45) is 2.29. The van der Waals surface area contributed by atoms with E-state index in [1.54, 1.807) is 24.3 Å². The van der Waals surface area contributed by atoms with Gasteiger partial charge in [-0.2, -0.15) is 9.61 Å². The Bertz CT molecular complexity index is 979. The van der Waals surface area contributed by atoms with E-state index in [1.807, 2.05) is 6.92 Å². The first-order valence-corrected chi connectivity index (χ1v) is 8.70. The van der Waals surface area contributed by atoms with Gasteiger partial charge in [-0.05, 0) is 18.6 Å². The molecular weight excluding hydrogens is 340 g/mol. The molecule has 0 aliphatic heterocycles. The van der Waals surface area contributed by atoms with Crippen LogP contribution in [0.4, 0.5) is 5.69 Å². The minimum absolute atomic E-state index is 0.0782. The van der Waals surface area contributed by atoms with Crippen molar-refractivity contribution < 1.29 is 9.53 Å². The molecule has 2 aromatic heterocycles. The zero-order valence-corrected chi connectivity index (χ0v) is 15.0. The van der Waals surface area contributed by atoms with Gasteiger partial charge in [-0.15, -0.1) is 0 Å². The normalized spacial score (nSPS) is 12.1. The second-order valence-electron chi connectivity index (χ2n) is 5.58. The zero-order valence-electron chi connectivity index (χ0n) is 14.1. The largest absolute Gasteiger partial charge is 0.496 e. The highest BCUT2D eigenvalue weighted by Gasteiger charge is 2.17. The van der Waals surface area contributed by atoms with Crippen molar-refractivity contribution >= 4 is 27.9 Å². The fourth-order valence-electron chi connectivity index (χ4n) is 2.28. The number of fused-ring (bicyclic) bond motifs is 1. The molecule has 7 nitrogen and oxygen atoms in total. The molecule has 0 saturated carbocycles. The number of methoxy groups -OCH3 is 1. The molecule has 0 fully saturated rings. The van der Waals surface area contributed by atoms with Crippen LogP contribution in [0.25, 0.3) is 4.96 Å². The number of carbonyl (C=O) groups is 1. The van der Waals surface area contributed by atoms with Crippen LogP contribution < -0.4 is 15.6 Å². The number of anilines is 1. The second kappa shape index (κ2) is 7.02. The molecule has 3 aromatic rings. The first-order chi connectivity index (χ1) is 12.0. The van der Waals surface area contributed by atoms with E-state index in [9.17, 15) is 9.59 Å². The summed E-state index contributed by atoms with van der Waals surface area (Å²) in [4.78, 5) is 29.8.